The molecule has 1 fully saturated rings. The van der Waals surface area contributed by atoms with Crippen molar-refractivity contribution in [2.45, 2.75) is 45.7 Å². The predicted octanol–water partition coefficient (Wildman–Crippen LogP) is 2.98. The van der Waals surface area contributed by atoms with Gasteiger partial charge in [-0.3, -0.25) is 4.90 Å². The van der Waals surface area contributed by atoms with E-state index in [2.05, 4.69) is 49.9 Å². The Labute approximate surface area is 111 Å². The summed E-state index contributed by atoms with van der Waals surface area (Å²) in [6.07, 6.45) is 2.36. The summed E-state index contributed by atoms with van der Waals surface area (Å²) in [4.78, 5) is 2.60. The fourth-order valence-corrected chi connectivity index (χ4v) is 3.10. The van der Waals surface area contributed by atoms with Gasteiger partial charge in [-0.05, 0) is 50.3 Å². The average Bonchev–Trinajstić information content (AvgIpc) is 2.79. The lowest BCUT2D eigenvalue weighted by atomic mass is 10.0. The maximum absolute atomic E-state index is 5.81. The maximum Gasteiger partial charge on any atom is 0.0322 e. The quantitative estimate of drug-likeness (QED) is 0.885. The van der Waals surface area contributed by atoms with Crippen molar-refractivity contribution >= 4 is 0 Å². The third-order valence-electron chi connectivity index (χ3n) is 4.41. The molecule has 0 saturated carbocycles. The smallest absolute Gasteiger partial charge is 0.0322 e. The molecule has 1 heterocycles. The second-order valence-corrected chi connectivity index (χ2v) is 5.65. The number of aryl methyl sites for hydroxylation is 1. The highest BCUT2D eigenvalue weighted by molar-refractivity contribution is 5.25. The molecule has 2 N–H and O–H groups in total. The van der Waals surface area contributed by atoms with Crippen molar-refractivity contribution in [2.24, 2.45) is 11.7 Å². The summed E-state index contributed by atoms with van der Waals surface area (Å²) in [6.45, 7) is 8.81. The van der Waals surface area contributed by atoms with Gasteiger partial charge in [0.25, 0.3) is 0 Å². The first-order valence-electron chi connectivity index (χ1n) is 7.20. The minimum Gasteiger partial charge on any atom is -0.330 e. The third-order valence-corrected chi connectivity index (χ3v) is 4.41. The van der Waals surface area contributed by atoms with Crippen molar-refractivity contribution in [1.29, 1.82) is 0 Å². The first-order valence-corrected chi connectivity index (χ1v) is 7.20. The fourth-order valence-electron chi connectivity index (χ4n) is 3.10. The van der Waals surface area contributed by atoms with Crippen LogP contribution in [0.5, 0.6) is 0 Å². The van der Waals surface area contributed by atoms with Gasteiger partial charge in [0.2, 0.25) is 0 Å². The molecule has 2 rings (SSSR count). The standard InChI is InChI=1S/C16H26N2/c1-4-14-5-7-16(8-6-14)13(3)18-11-15(10-17)9-12(18)2/h5-8,12-13,15H,4,9-11,17H2,1-3H3. The van der Waals surface area contributed by atoms with Crippen LogP contribution in [-0.2, 0) is 6.42 Å². The molecule has 0 radical (unpaired) electrons. The van der Waals surface area contributed by atoms with Crippen LogP contribution < -0.4 is 5.73 Å². The van der Waals surface area contributed by atoms with Gasteiger partial charge in [0.15, 0.2) is 0 Å². The number of nitrogens with two attached hydrogens (primary N) is 1. The normalized spacial score (nSPS) is 26.4. The highest BCUT2D eigenvalue weighted by Crippen LogP contribution is 2.31. The zero-order valence-corrected chi connectivity index (χ0v) is 11.9. The van der Waals surface area contributed by atoms with Crippen molar-refractivity contribution in [3.8, 4) is 0 Å². The number of hydrogen-bond acceptors (Lipinski definition) is 2. The molecule has 1 aromatic carbocycles. The summed E-state index contributed by atoms with van der Waals surface area (Å²) >= 11 is 0. The Morgan fingerprint density at radius 1 is 1.33 bits per heavy atom. The monoisotopic (exact) mass is 246 g/mol. The maximum atomic E-state index is 5.81. The third kappa shape index (κ3) is 2.76. The largest absolute Gasteiger partial charge is 0.330 e. The van der Waals surface area contributed by atoms with Crippen LogP contribution in [0.2, 0.25) is 0 Å². The second-order valence-electron chi connectivity index (χ2n) is 5.65. The molecule has 0 bridgehead atoms. The van der Waals surface area contributed by atoms with Crippen LogP contribution in [0.25, 0.3) is 0 Å². The minimum atomic E-state index is 0.502. The number of benzene rings is 1. The molecule has 1 aromatic rings. The molecule has 3 unspecified atom stereocenters. The van der Waals surface area contributed by atoms with Gasteiger partial charge >= 0.3 is 0 Å². The molecule has 0 aliphatic carbocycles. The zero-order chi connectivity index (χ0) is 13.1. The molecule has 2 heteroatoms. The van der Waals surface area contributed by atoms with E-state index in [1.807, 2.05) is 0 Å². The summed E-state index contributed by atoms with van der Waals surface area (Å²) in [6, 6.07) is 10.2. The SMILES string of the molecule is CCc1ccc(C(C)N2CC(CN)CC2C)cc1. The van der Waals surface area contributed by atoms with Gasteiger partial charge in [0.05, 0.1) is 0 Å². The second kappa shape index (κ2) is 5.85. The fraction of sp³-hybridized carbons (Fsp3) is 0.625. The van der Waals surface area contributed by atoms with Gasteiger partial charge in [-0.25, -0.2) is 0 Å². The number of rotatable bonds is 4. The van der Waals surface area contributed by atoms with Crippen LogP contribution in [0.15, 0.2) is 24.3 Å². The summed E-state index contributed by atoms with van der Waals surface area (Å²) in [5.41, 5.74) is 8.65. The van der Waals surface area contributed by atoms with Gasteiger partial charge in [-0.15, -0.1) is 0 Å². The molecular formula is C16H26N2. The Balaban J connectivity index is 2.08. The number of nitrogens with zero attached hydrogens (tertiary/aromatic N) is 1. The molecular weight excluding hydrogens is 220 g/mol. The van der Waals surface area contributed by atoms with Gasteiger partial charge in [-0.1, -0.05) is 31.2 Å². The molecule has 0 spiro atoms. The predicted molar refractivity (Wildman–Crippen MR) is 77.6 cm³/mol. The molecule has 100 valence electrons. The van der Waals surface area contributed by atoms with E-state index < -0.39 is 0 Å². The molecule has 1 aliphatic rings. The van der Waals surface area contributed by atoms with Crippen LogP contribution in [0.4, 0.5) is 0 Å². The van der Waals surface area contributed by atoms with Crippen LogP contribution in [-0.4, -0.2) is 24.0 Å². The Bertz CT molecular complexity index is 371. The molecule has 1 saturated heterocycles. The minimum absolute atomic E-state index is 0.502. The summed E-state index contributed by atoms with van der Waals surface area (Å²) in [5, 5.41) is 0. The van der Waals surface area contributed by atoms with Crippen molar-refractivity contribution < 1.29 is 0 Å². The summed E-state index contributed by atoms with van der Waals surface area (Å²) in [5.74, 6) is 0.678. The van der Waals surface area contributed by atoms with E-state index in [1.165, 1.54) is 17.5 Å². The molecule has 0 amide bonds. The lowest BCUT2D eigenvalue weighted by Crippen LogP contribution is -2.30. The summed E-state index contributed by atoms with van der Waals surface area (Å²) in [7, 11) is 0. The van der Waals surface area contributed by atoms with Crippen molar-refractivity contribution in [3.05, 3.63) is 35.4 Å². The van der Waals surface area contributed by atoms with Gasteiger partial charge in [0.1, 0.15) is 0 Å². The number of likely N-dealkylation sites (tertiary alicyclic amines) is 1. The van der Waals surface area contributed by atoms with Gasteiger partial charge in [-0.2, -0.15) is 0 Å². The summed E-state index contributed by atoms with van der Waals surface area (Å²) < 4.78 is 0. The highest BCUT2D eigenvalue weighted by atomic mass is 15.2. The molecule has 2 nitrogen and oxygen atoms in total. The van der Waals surface area contributed by atoms with E-state index >= 15 is 0 Å². The lowest BCUT2D eigenvalue weighted by Gasteiger charge is -2.29. The zero-order valence-electron chi connectivity index (χ0n) is 11.9. The van der Waals surface area contributed by atoms with Gasteiger partial charge < -0.3 is 5.73 Å². The van der Waals surface area contributed by atoms with Gasteiger partial charge in [0, 0.05) is 18.6 Å². The van der Waals surface area contributed by atoms with E-state index in [0.717, 1.165) is 19.5 Å². The van der Waals surface area contributed by atoms with E-state index in [-0.39, 0.29) is 0 Å². The first kappa shape index (κ1) is 13.6. The van der Waals surface area contributed by atoms with Crippen LogP contribution >= 0.6 is 0 Å². The highest BCUT2D eigenvalue weighted by Gasteiger charge is 2.31. The molecule has 3 atom stereocenters. The van der Waals surface area contributed by atoms with E-state index in [1.54, 1.807) is 0 Å². The van der Waals surface area contributed by atoms with Crippen LogP contribution in [0.3, 0.4) is 0 Å². The van der Waals surface area contributed by atoms with E-state index in [9.17, 15) is 0 Å². The topological polar surface area (TPSA) is 29.3 Å². The van der Waals surface area contributed by atoms with E-state index in [0.29, 0.717) is 18.0 Å². The van der Waals surface area contributed by atoms with E-state index in [4.69, 9.17) is 5.73 Å². The molecule has 1 aliphatic heterocycles. The Morgan fingerprint density at radius 2 is 2.00 bits per heavy atom. The van der Waals surface area contributed by atoms with Crippen molar-refractivity contribution in [3.63, 3.8) is 0 Å². The number of hydrogen-bond donors (Lipinski definition) is 1. The Hall–Kier alpha value is -0.860. The van der Waals surface area contributed by atoms with Crippen LogP contribution in [0, 0.1) is 5.92 Å². The Morgan fingerprint density at radius 3 is 2.50 bits per heavy atom. The first-order chi connectivity index (χ1) is 8.65. The molecule has 18 heavy (non-hydrogen) atoms. The van der Waals surface area contributed by atoms with Crippen LogP contribution in [0.1, 0.15) is 44.4 Å². The molecule has 0 aromatic heterocycles. The average molecular weight is 246 g/mol. The van der Waals surface area contributed by atoms with Crippen molar-refractivity contribution in [1.82, 2.24) is 4.90 Å². The lowest BCUT2D eigenvalue weighted by molar-refractivity contribution is 0.200. The van der Waals surface area contributed by atoms with Crippen molar-refractivity contribution in [2.75, 3.05) is 13.1 Å². The Kier molecular flexibility index (Phi) is 4.41.